The van der Waals surface area contributed by atoms with Gasteiger partial charge in [-0.3, -0.25) is 0 Å². The molecule has 1 heterocycles. The van der Waals surface area contributed by atoms with Gasteiger partial charge in [-0.15, -0.1) is 11.3 Å². The Hall–Kier alpha value is 0.590. The molecule has 0 radical (unpaired) electrons. The average Bonchev–Trinajstić information content (AvgIpc) is 2.54. The number of fused-ring (bicyclic) bond motifs is 1. The molecule has 0 saturated heterocycles. The van der Waals surface area contributed by atoms with Gasteiger partial charge in [-0.05, 0) is 45.2 Å². The summed E-state index contributed by atoms with van der Waals surface area (Å²) in [5.41, 5.74) is 8.88. The minimum absolute atomic E-state index is 0.00701. The summed E-state index contributed by atoms with van der Waals surface area (Å²) in [5, 5.41) is 12.1. The van der Waals surface area contributed by atoms with Gasteiger partial charge in [0.25, 0.3) is 0 Å². The maximum Gasteiger partial charge on any atom is 0.0909 e. The molecule has 0 aromatic carbocycles. The van der Waals surface area contributed by atoms with E-state index in [-0.39, 0.29) is 6.04 Å². The summed E-state index contributed by atoms with van der Waals surface area (Å²) in [4.78, 5) is 0. The summed E-state index contributed by atoms with van der Waals surface area (Å²) in [7, 11) is 0. The standard InChI is InChI=1S/C7H6I2N2OS/c8-6-4-2(10)1-3(11-12)5(4)7(9)13-6/h2,12H,1,10H2/b11-3+. The SMILES string of the molecule is NC1C/C(=N\O)c2c(I)sc(I)c21. The van der Waals surface area contributed by atoms with Crippen molar-refractivity contribution in [3.05, 3.63) is 16.9 Å². The Morgan fingerprint density at radius 2 is 2.15 bits per heavy atom. The second-order valence-electron chi connectivity index (χ2n) is 2.80. The Morgan fingerprint density at radius 3 is 2.77 bits per heavy atom. The summed E-state index contributed by atoms with van der Waals surface area (Å²) in [6.45, 7) is 0. The predicted molar refractivity (Wildman–Crippen MR) is 69.6 cm³/mol. The number of hydrogen-bond acceptors (Lipinski definition) is 4. The van der Waals surface area contributed by atoms with E-state index in [2.05, 4.69) is 50.3 Å². The van der Waals surface area contributed by atoms with Crippen molar-refractivity contribution in [2.24, 2.45) is 10.9 Å². The van der Waals surface area contributed by atoms with E-state index in [4.69, 9.17) is 10.9 Å². The van der Waals surface area contributed by atoms with Crippen molar-refractivity contribution >= 4 is 62.2 Å². The molecule has 0 bridgehead atoms. The molecular weight excluding hydrogens is 414 g/mol. The molecule has 0 spiro atoms. The zero-order chi connectivity index (χ0) is 9.59. The van der Waals surface area contributed by atoms with Crippen LogP contribution in [0.3, 0.4) is 0 Å². The van der Waals surface area contributed by atoms with Crippen LogP contribution in [0.15, 0.2) is 5.16 Å². The molecule has 1 aliphatic rings. The Morgan fingerprint density at radius 1 is 1.46 bits per heavy atom. The highest BCUT2D eigenvalue weighted by atomic mass is 127. The largest absolute Gasteiger partial charge is 0.411 e. The van der Waals surface area contributed by atoms with Gasteiger partial charge >= 0.3 is 0 Å². The van der Waals surface area contributed by atoms with Gasteiger partial charge in [0, 0.05) is 23.6 Å². The lowest BCUT2D eigenvalue weighted by Gasteiger charge is -1.99. The number of thiophene rings is 1. The van der Waals surface area contributed by atoms with Gasteiger partial charge in [-0.2, -0.15) is 0 Å². The van der Waals surface area contributed by atoms with E-state index >= 15 is 0 Å². The highest BCUT2D eigenvalue weighted by Gasteiger charge is 2.31. The normalized spacial score (nSPS) is 23.9. The van der Waals surface area contributed by atoms with E-state index in [9.17, 15) is 0 Å². The third-order valence-corrected chi connectivity index (χ3v) is 5.27. The van der Waals surface area contributed by atoms with Gasteiger partial charge in [-0.1, -0.05) is 5.16 Å². The van der Waals surface area contributed by atoms with Crippen molar-refractivity contribution in [1.82, 2.24) is 0 Å². The Balaban J connectivity index is 2.67. The number of rotatable bonds is 0. The second kappa shape index (κ2) is 3.63. The fourth-order valence-electron chi connectivity index (χ4n) is 1.49. The van der Waals surface area contributed by atoms with E-state index in [0.717, 1.165) is 19.7 Å². The van der Waals surface area contributed by atoms with Crippen molar-refractivity contribution < 1.29 is 5.21 Å². The third kappa shape index (κ3) is 1.51. The van der Waals surface area contributed by atoms with Gasteiger partial charge in [0.1, 0.15) is 0 Å². The van der Waals surface area contributed by atoms with E-state index in [1.807, 2.05) is 0 Å². The monoisotopic (exact) mass is 420 g/mol. The molecule has 3 N–H and O–H groups in total. The lowest BCUT2D eigenvalue weighted by Crippen LogP contribution is -2.06. The summed E-state index contributed by atoms with van der Waals surface area (Å²) in [5.74, 6) is 0. The van der Waals surface area contributed by atoms with Gasteiger partial charge in [0.2, 0.25) is 0 Å². The molecule has 0 amide bonds. The van der Waals surface area contributed by atoms with Crippen LogP contribution >= 0.6 is 56.5 Å². The average molecular weight is 420 g/mol. The van der Waals surface area contributed by atoms with Crippen molar-refractivity contribution in [3.63, 3.8) is 0 Å². The molecule has 0 fully saturated rings. The zero-order valence-corrected chi connectivity index (χ0v) is 11.6. The van der Waals surface area contributed by atoms with Crippen molar-refractivity contribution in [2.75, 3.05) is 0 Å². The number of nitrogens with zero attached hydrogens (tertiary/aromatic N) is 1. The van der Waals surface area contributed by atoms with Crippen LogP contribution in [0.5, 0.6) is 0 Å². The Bertz CT molecular complexity index is 388. The molecule has 1 aromatic heterocycles. The van der Waals surface area contributed by atoms with Crippen LogP contribution in [0.4, 0.5) is 0 Å². The maximum absolute atomic E-state index is 8.80. The molecule has 3 nitrogen and oxygen atoms in total. The van der Waals surface area contributed by atoms with Gasteiger partial charge in [0.05, 0.1) is 11.5 Å². The van der Waals surface area contributed by atoms with E-state index in [0.29, 0.717) is 6.42 Å². The minimum Gasteiger partial charge on any atom is -0.411 e. The van der Waals surface area contributed by atoms with Crippen LogP contribution in [0, 0.1) is 5.77 Å². The minimum atomic E-state index is 0.00701. The topological polar surface area (TPSA) is 58.6 Å². The van der Waals surface area contributed by atoms with Crippen LogP contribution < -0.4 is 5.73 Å². The van der Waals surface area contributed by atoms with E-state index in [1.54, 1.807) is 11.3 Å². The summed E-state index contributed by atoms with van der Waals surface area (Å²) < 4.78 is 2.38. The second-order valence-corrected chi connectivity index (χ2v) is 7.44. The number of hydrogen-bond donors (Lipinski definition) is 2. The molecule has 1 unspecified atom stereocenters. The van der Waals surface area contributed by atoms with Crippen LogP contribution in [0.2, 0.25) is 0 Å². The molecule has 0 aliphatic heterocycles. The fourth-order valence-corrected chi connectivity index (χ4v) is 6.20. The van der Waals surface area contributed by atoms with Gasteiger partial charge in [0.15, 0.2) is 0 Å². The number of halogens is 2. The molecule has 2 rings (SSSR count). The molecule has 13 heavy (non-hydrogen) atoms. The first-order valence-corrected chi connectivity index (χ1v) is 6.57. The summed E-state index contributed by atoms with van der Waals surface area (Å²) in [6.07, 6.45) is 0.654. The van der Waals surface area contributed by atoms with Crippen molar-refractivity contribution in [2.45, 2.75) is 12.5 Å². The first-order chi connectivity index (χ1) is 6.15. The molecule has 6 heteroatoms. The van der Waals surface area contributed by atoms with Crippen LogP contribution in [-0.2, 0) is 0 Å². The maximum atomic E-state index is 8.80. The summed E-state index contributed by atoms with van der Waals surface area (Å²) in [6, 6.07) is 0.00701. The number of nitrogens with two attached hydrogens (primary N) is 1. The van der Waals surface area contributed by atoms with Crippen LogP contribution in [0.25, 0.3) is 0 Å². The smallest absolute Gasteiger partial charge is 0.0909 e. The number of oxime groups is 1. The lowest BCUT2D eigenvalue weighted by atomic mass is 10.2. The Kier molecular flexibility index (Phi) is 2.82. The molecule has 1 aromatic rings. The van der Waals surface area contributed by atoms with Crippen molar-refractivity contribution in [3.8, 4) is 0 Å². The first-order valence-electron chi connectivity index (χ1n) is 3.59. The zero-order valence-electron chi connectivity index (χ0n) is 6.42. The van der Waals surface area contributed by atoms with Crippen molar-refractivity contribution in [1.29, 1.82) is 0 Å². The predicted octanol–water partition coefficient (Wildman–Crippen LogP) is 2.54. The molecule has 1 atom stereocenters. The Labute approximate surface area is 107 Å². The lowest BCUT2D eigenvalue weighted by molar-refractivity contribution is 0.318. The first kappa shape index (κ1) is 10.1. The van der Waals surface area contributed by atoms with E-state index < -0.39 is 0 Å². The third-order valence-electron chi connectivity index (χ3n) is 2.05. The van der Waals surface area contributed by atoms with E-state index in [1.165, 1.54) is 2.88 Å². The van der Waals surface area contributed by atoms with Crippen LogP contribution in [-0.4, -0.2) is 10.9 Å². The highest BCUT2D eigenvalue weighted by Crippen LogP contribution is 2.41. The fraction of sp³-hybridized carbons (Fsp3) is 0.286. The molecular formula is C7H6I2N2OS. The molecule has 1 aliphatic carbocycles. The van der Waals surface area contributed by atoms with Crippen LogP contribution in [0.1, 0.15) is 23.6 Å². The summed E-state index contributed by atoms with van der Waals surface area (Å²) >= 11 is 6.24. The highest BCUT2D eigenvalue weighted by molar-refractivity contribution is 14.1. The molecule has 70 valence electrons. The van der Waals surface area contributed by atoms with Gasteiger partial charge < -0.3 is 10.9 Å². The van der Waals surface area contributed by atoms with Gasteiger partial charge in [-0.25, -0.2) is 0 Å². The quantitative estimate of drug-likeness (QED) is 0.385. The molecule has 0 saturated carbocycles.